The molecule has 10 heteroatoms. The number of amides is 3. The van der Waals surface area contributed by atoms with E-state index in [1.165, 1.54) is 0 Å². The molecular formula is C11H9F3N2O5. The maximum absolute atomic E-state index is 13.2. The van der Waals surface area contributed by atoms with Gasteiger partial charge in [0.1, 0.15) is 24.7 Å². The molecule has 21 heavy (non-hydrogen) atoms. The molecule has 114 valence electrons. The van der Waals surface area contributed by atoms with Gasteiger partial charge < -0.3 is 15.2 Å². The summed E-state index contributed by atoms with van der Waals surface area (Å²) in [5.41, 5.74) is -0.937. The van der Waals surface area contributed by atoms with Gasteiger partial charge in [-0.3, -0.25) is 10.1 Å². The normalized spacial score (nSPS) is 10.0. The van der Waals surface area contributed by atoms with Crippen LogP contribution in [0.2, 0.25) is 0 Å². The molecule has 0 heterocycles. The summed E-state index contributed by atoms with van der Waals surface area (Å²) >= 11 is 0. The summed E-state index contributed by atoms with van der Waals surface area (Å²) in [6.07, 6.45) is 0. The minimum Gasteiger partial charge on any atom is -0.480 e. The first-order chi connectivity index (χ1) is 9.79. The Morgan fingerprint density at radius 1 is 1.10 bits per heavy atom. The monoisotopic (exact) mass is 306 g/mol. The van der Waals surface area contributed by atoms with Crippen molar-refractivity contribution in [1.29, 1.82) is 0 Å². The molecule has 0 saturated carbocycles. The topological polar surface area (TPSA) is 105 Å². The lowest BCUT2D eigenvalue weighted by Gasteiger charge is -2.08. The van der Waals surface area contributed by atoms with Crippen LogP contribution in [0.25, 0.3) is 0 Å². The highest BCUT2D eigenvalue weighted by molar-refractivity contribution is 6.01. The third-order valence-corrected chi connectivity index (χ3v) is 1.96. The van der Waals surface area contributed by atoms with Crippen LogP contribution in [0.1, 0.15) is 0 Å². The lowest BCUT2D eigenvalue weighted by molar-refractivity contribution is -0.143. The fraction of sp³-hybridized carbons (Fsp3) is 0.182. The van der Waals surface area contributed by atoms with E-state index >= 15 is 0 Å². The molecule has 0 saturated heterocycles. The number of urea groups is 1. The van der Waals surface area contributed by atoms with Crippen LogP contribution < -0.4 is 10.6 Å². The Morgan fingerprint density at radius 3 is 2.19 bits per heavy atom. The average molecular weight is 306 g/mol. The number of nitrogens with one attached hydrogen (secondary N) is 2. The fourth-order valence-corrected chi connectivity index (χ4v) is 1.20. The van der Waals surface area contributed by atoms with Gasteiger partial charge in [0.05, 0.1) is 0 Å². The van der Waals surface area contributed by atoms with Crippen LogP contribution in [-0.4, -0.2) is 36.2 Å². The van der Waals surface area contributed by atoms with Crippen molar-refractivity contribution in [2.45, 2.75) is 0 Å². The number of benzene rings is 1. The summed E-state index contributed by atoms with van der Waals surface area (Å²) in [5.74, 6) is -6.25. The van der Waals surface area contributed by atoms with Crippen LogP contribution in [0.4, 0.5) is 23.7 Å². The van der Waals surface area contributed by atoms with Gasteiger partial charge in [0, 0.05) is 12.1 Å². The number of hydrogen-bond donors (Lipinski definition) is 3. The molecule has 7 nitrogen and oxygen atoms in total. The highest BCUT2D eigenvalue weighted by atomic mass is 19.1. The Balaban J connectivity index is 2.54. The van der Waals surface area contributed by atoms with Gasteiger partial charge in [0.25, 0.3) is 5.91 Å². The van der Waals surface area contributed by atoms with E-state index in [0.29, 0.717) is 12.1 Å². The Hall–Kier alpha value is -2.62. The van der Waals surface area contributed by atoms with E-state index < -0.39 is 54.3 Å². The van der Waals surface area contributed by atoms with Crippen LogP contribution in [0, 0.1) is 17.5 Å². The number of anilines is 1. The molecule has 0 unspecified atom stereocenters. The standard InChI is InChI=1S/C11H9F3N2O5/c12-5-1-6(13)10(7(14)2-5)16-11(20)15-8(17)3-21-4-9(18)19/h1-2H,3-4H2,(H,18,19)(H2,15,16,17,20). The number of carboxylic acids is 1. The van der Waals surface area contributed by atoms with Crippen LogP contribution in [0.3, 0.4) is 0 Å². The zero-order valence-electron chi connectivity index (χ0n) is 10.3. The molecule has 1 rings (SSSR count). The van der Waals surface area contributed by atoms with E-state index in [1.54, 1.807) is 10.6 Å². The van der Waals surface area contributed by atoms with Gasteiger partial charge in [-0.2, -0.15) is 0 Å². The second-order valence-electron chi connectivity index (χ2n) is 3.63. The first-order valence-corrected chi connectivity index (χ1v) is 5.34. The Morgan fingerprint density at radius 2 is 1.67 bits per heavy atom. The van der Waals surface area contributed by atoms with E-state index in [-0.39, 0.29) is 0 Å². The molecule has 0 aliphatic heterocycles. The van der Waals surface area contributed by atoms with E-state index in [9.17, 15) is 27.6 Å². The van der Waals surface area contributed by atoms with Crippen molar-refractivity contribution < 1.29 is 37.4 Å². The minimum absolute atomic E-state index is 0.344. The third kappa shape index (κ3) is 5.48. The van der Waals surface area contributed by atoms with Gasteiger partial charge in [-0.1, -0.05) is 0 Å². The van der Waals surface area contributed by atoms with Crippen LogP contribution in [0.5, 0.6) is 0 Å². The maximum Gasteiger partial charge on any atom is 0.329 e. The van der Waals surface area contributed by atoms with Crippen molar-refractivity contribution in [1.82, 2.24) is 5.32 Å². The molecule has 0 aliphatic rings. The lowest BCUT2D eigenvalue weighted by Crippen LogP contribution is -2.37. The number of halogens is 3. The van der Waals surface area contributed by atoms with Gasteiger partial charge in [0.15, 0.2) is 11.6 Å². The predicted octanol–water partition coefficient (Wildman–Crippen LogP) is 0.853. The summed E-state index contributed by atoms with van der Waals surface area (Å²) in [4.78, 5) is 32.5. The van der Waals surface area contributed by atoms with Crippen molar-refractivity contribution in [3.63, 3.8) is 0 Å². The van der Waals surface area contributed by atoms with E-state index in [4.69, 9.17) is 5.11 Å². The van der Waals surface area contributed by atoms with Gasteiger partial charge >= 0.3 is 12.0 Å². The number of rotatable bonds is 5. The number of imide groups is 1. The number of carbonyl (C=O) groups is 3. The van der Waals surface area contributed by atoms with Gasteiger partial charge in [-0.25, -0.2) is 22.8 Å². The third-order valence-electron chi connectivity index (χ3n) is 1.96. The van der Waals surface area contributed by atoms with Crippen molar-refractivity contribution >= 4 is 23.6 Å². The highest BCUT2D eigenvalue weighted by Crippen LogP contribution is 2.19. The smallest absolute Gasteiger partial charge is 0.329 e. The van der Waals surface area contributed by atoms with Crippen molar-refractivity contribution in [2.24, 2.45) is 0 Å². The highest BCUT2D eigenvalue weighted by Gasteiger charge is 2.16. The van der Waals surface area contributed by atoms with E-state index in [1.807, 2.05) is 0 Å². The molecule has 0 atom stereocenters. The minimum atomic E-state index is -1.36. The van der Waals surface area contributed by atoms with E-state index in [0.717, 1.165) is 0 Å². The SMILES string of the molecule is O=C(O)COCC(=O)NC(=O)Nc1c(F)cc(F)cc1F. The van der Waals surface area contributed by atoms with Crippen LogP contribution in [0.15, 0.2) is 12.1 Å². The molecule has 0 spiro atoms. The zero-order valence-corrected chi connectivity index (χ0v) is 10.3. The van der Waals surface area contributed by atoms with Crippen molar-refractivity contribution in [3.05, 3.63) is 29.6 Å². The summed E-state index contributed by atoms with van der Waals surface area (Å²) in [6.45, 7) is -1.50. The van der Waals surface area contributed by atoms with Crippen LogP contribution >= 0.6 is 0 Å². The largest absolute Gasteiger partial charge is 0.480 e. The average Bonchev–Trinajstić information content (AvgIpc) is 2.33. The number of carbonyl (C=O) groups excluding carboxylic acids is 2. The Labute approximate surface area is 115 Å². The maximum atomic E-state index is 13.2. The quantitative estimate of drug-likeness (QED) is 0.748. The van der Waals surface area contributed by atoms with Gasteiger partial charge in [-0.05, 0) is 0 Å². The van der Waals surface area contributed by atoms with Crippen LogP contribution in [-0.2, 0) is 14.3 Å². The number of aliphatic carboxylic acids is 1. The fourth-order valence-electron chi connectivity index (χ4n) is 1.20. The van der Waals surface area contributed by atoms with Gasteiger partial charge in [0.2, 0.25) is 0 Å². The zero-order chi connectivity index (χ0) is 16.0. The number of ether oxygens (including phenoxy) is 1. The van der Waals surface area contributed by atoms with Crippen molar-refractivity contribution in [2.75, 3.05) is 18.5 Å². The molecular weight excluding hydrogens is 297 g/mol. The second kappa shape index (κ2) is 7.24. The Kier molecular flexibility index (Phi) is 5.67. The van der Waals surface area contributed by atoms with E-state index in [2.05, 4.69) is 4.74 Å². The summed E-state index contributed by atoms with van der Waals surface area (Å²) < 4.78 is 43.4. The van der Waals surface area contributed by atoms with Gasteiger partial charge in [-0.15, -0.1) is 0 Å². The summed E-state index contributed by atoms with van der Waals surface area (Å²) in [6, 6.07) is -0.601. The molecule has 3 amide bonds. The predicted molar refractivity (Wildman–Crippen MR) is 61.9 cm³/mol. The molecule has 1 aromatic rings. The Bertz CT molecular complexity index is 556. The second-order valence-corrected chi connectivity index (χ2v) is 3.63. The number of carboxylic acid groups (broad SMARTS) is 1. The summed E-state index contributed by atoms with van der Waals surface area (Å²) in [7, 11) is 0. The molecule has 3 N–H and O–H groups in total. The molecule has 0 fully saturated rings. The molecule has 0 aliphatic carbocycles. The molecule has 0 aromatic heterocycles. The molecule has 0 radical (unpaired) electrons. The first kappa shape index (κ1) is 16.4. The van der Waals surface area contributed by atoms with Crippen molar-refractivity contribution in [3.8, 4) is 0 Å². The summed E-state index contributed by atoms with van der Waals surface area (Å²) in [5, 5.41) is 11.6. The molecule has 0 bridgehead atoms. The molecule has 1 aromatic carbocycles. The lowest BCUT2D eigenvalue weighted by atomic mass is 10.3. The number of hydrogen-bond acceptors (Lipinski definition) is 4. The first-order valence-electron chi connectivity index (χ1n) is 5.34.